The molecule has 2 fully saturated rings. The Balaban J connectivity index is 0.00000128. The highest BCUT2D eigenvalue weighted by Crippen LogP contribution is 2.28. The third-order valence-corrected chi connectivity index (χ3v) is 3.40. The molecule has 2 unspecified atom stereocenters. The Morgan fingerprint density at radius 1 is 1.44 bits per heavy atom. The topological polar surface area (TPSA) is 55.6 Å². The summed E-state index contributed by atoms with van der Waals surface area (Å²) in [5.74, 6) is 0.0789. The van der Waals surface area contributed by atoms with E-state index in [0.717, 1.165) is 12.8 Å². The van der Waals surface area contributed by atoms with Gasteiger partial charge in [-0.15, -0.1) is 12.4 Å². The molecule has 1 aliphatic heterocycles. The van der Waals surface area contributed by atoms with Gasteiger partial charge in [0.15, 0.2) is 0 Å². The van der Waals surface area contributed by atoms with E-state index in [1.807, 2.05) is 4.90 Å². The molecule has 0 bridgehead atoms. The zero-order chi connectivity index (χ0) is 10.8. The number of hydrogen-bond acceptors (Lipinski definition) is 3. The number of rotatable bonds is 1. The van der Waals surface area contributed by atoms with Gasteiger partial charge in [0.05, 0.1) is 24.8 Å². The van der Waals surface area contributed by atoms with Gasteiger partial charge in [-0.25, -0.2) is 0 Å². The van der Waals surface area contributed by atoms with Gasteiger partial charge in [-0.05, 0) is 19.8 Å². The largest absolute Gasteiger partial charge is 0.374 e. The summed E-state index contributed by atoms with van der Waals surface area (Å²) in [6, 6.07) is -0.100. The fourth-order valence-electron chi connectivity index (χ4n) is 2.63. The number of ether oxygens (including phenoxy) is 1. The number of halogens is 1. The lowest BCUT2D eigenvalue weighted by Gasteiger charge is -2.44. The van der Waals surface area contributed by atoms with Gasteiger partial charge in [0, 0.05) is 6.54 Å². The van der Waals surface area contributed by atoms with Gasteiger partial charge >= 0.3 is 0 Å². The molecule has 0 aromatic rings. The summed E-state index contributed by atoms with van der Waals surface area (Å²) >= 11 is 0. The first kappa shape index (κ1) is 13.7. The number of carbonyl (C=O) groups is 1. The van der Waals surface area contributed by atoms with Crippen LogP contribution in [0.4, 0.5) is 0 Å². The molecule has 1 aliphatic carbocycles. The number of nitrogens with two attached hydrogens (primary N) is 1. The van der Waals surface area contributed by atoms with Crippen molar-refractivity contribution in [2.24, 2.45) is 5.73 Å². The van der Waals surface area contributed by atoms with Crippen LogP contribution in [0, 0.1) is 0 Å². The van der Waals surface area contributed by atoms with Gasteiger partial charge in [-0.2, -0.15) is 0 Å². The molecule has 4 nitrogen and oxygen atoms in total. The Kier molecular flexibility index (Phi) is 5.02. The zero-order valence-corrected chi connectivity index (χ0v) is 10.5. The highest BCUT2D eigenvalue weighted by molar-refractivity contribution is 5.85. The quantitative estimate of drug-likeness (QED) is 0.751. The van der Waals surface area contributed by atoms with Crippen molar-refractivity contribution in [3.63, 3.8) is 0 Å². The van der Waals surface area contributed by atoms with Gasteiger partial charge in [0.2, 0.25) is 5.91 Å². The van der Waals surface area contributed by atoms with E-state index in [-0.39, 0.29) is 36.5 Å². The minimum Gasteiger partial charge on any atom is -0.374 e. The molecule has 3 atom stereocenters. The molecule has 2 N–H and O–H groups in total. The Labute approximate surface area is 103 Å². The third kappa shape index (κ3) is 2.67. The highest BCUT2D eigenvalue weighted by atomic mass is 35.5. The van der Waals surface area contributed by atoms with Crippen LogP contribution in [-0.4, -0.2) is 42.1 Å². The van der Waals surface area contributed by atoms with Gasteiger partial charge in [0.1, 0.15) is 0 Å². The predicted molar refractivity (Wildman–Crippen MR) is 64.6 cm³/mol. The Morgan fingerprint density at radius 3 is 2.81 bits per heavy atom. The van der Waals surface area contributed by atoms with Crippen LogP contribution in [0.5, 0.6) is 0 Å². The van der Waals surface area contributed by atoms with E-state index >= 15 is 0 Å². The Hall–Kier alpha value is -0.320. The van der Waals surface area contributed by atoms with E-state index in [2.05, 4.69) is 0 Å². The standard InChI is InChI=1S/C11H20N2O2.ClH/c1-8(12)11(14)13-6-7-15-10-5-3-2-4-9(10)13;/h8-10H,2-7,12H2,1H3;1H/t8-,9?,10?;/m0./s1. The maximum atomic E-state index is 11.9. The molecule has 1 heterocycles. The Bertz CT molecular complexity index is 246. The summed E-state index contributed by atoms with van der Waals surface area (Å²) in [4.78, 5) is 13.8. The summed E-state index contributed by atoms with van der Waals surface area (Å²) in [6.45, 7) is 3.14. The number of carbonyl (C=O) groups excluding carboxylic acids is 1. The predicted octanol–water partition coefficient (Wildman–Crippen LogP) is 0.925. The highest BCUT2D eigenvalue weighted by Gasteiger charge is 2.37. The Morgan fingerprint density at radius 2 is 2.12 bits per heavy atom. The van der Waals surface area contributed by atoms with Crippen LogP contribution in [0.1, 0.15) is 32.6 Å². The minimum absolute atomic E-state index is 0. The van der Waals surface area contributed by atoms with Gasteiger partial charge in [-0.1, -0.05) is 12.8 Å². The van der Waals surface area contributed by atoms with Crippen molar-refractivity contribution in [1.82, 2.24) is 4.90 Å². The van der Waals surface area contributed by atoms with E-state index in [0.29, 0.717) is 13.2 Å². The molecule has 0 spiro atoms. The monoisotopic (exact) mass is 248 g/mol. The molecule has 0 radical (unpaired) electrons. The number of fused-ring (bicyclic) bond motifs is 1. The van der Waals surface area contributed by atoms with Crippen molar-refractivity contribution < 1.29 is 9.53 Å². The van der Waals surface area contributed by atoms with Crippen LogP contribution in [0.25, 0.3) is 0 Å². The summed E-state index contributed by atoms with van der Waals surface area (Å²) in [5, 5.41) is 0. The maximum Gasteiger partial charge on any atom is 0.239 e. The van der Waals surface area contributed by atoms with Crippen molar-refractivity contribution in [3.8, 4) is 0 Å². The molecular formula is C11H21ClN2O2. The molecule has 2 rings (SSSR count). The van der Waals surface area contributed by atoms with E-state index in [1.165, 1.54) is 12.8 Å². The van der Waals surface area contributed by atoms with Crippen molar-refractivity contribution in [2.45, 2.75) is 50.8 Å². The van der Waals surface area contributed by atoms with Crippen LogP contribution < -0.4 is 5.73 Å². The molecule has 1 amide bonds. The van der Waals surface area contributed by atoms with Crippen LogP contribution >= 0.6 is 12.4 Å². The smallest absolute Gasteiger partial charge is 0.239 e. The molecule has 94 valence electrons. The van der Waals surface area contributed by atoms with Crippen molar-refractivity contribution in [1.29, 1.82) is 0 Å². The van der Waals surface area contributed by atoms with E-state index in [4.69, 9.17) is 10.5 Å². The fourth-order valence-corrected chi connectivity index (χ4v) is 2.63. The summed E-state index contributed by atoms with van der Waals surface area (Å²) < 4.78 is 5.71. The number of nitrogens with zero attached hydrogens (tertiary/aromatic N) is 1. The molecule has 1 saturated heterocycles. The molecule has 0 aromatic heterocycles. The van der Waals surface area contributed by atoms with Crippen LogP contribution in [-0.2, 0) is 9.53 Å². The van der Waals surface area contributed by atoms with Gasteiger partial charge in [-0.3, -0.25) is 4.79 Å². The average molecular weight is 249 g/mol. The lowest BCUT2D eigenvalue weighted by molar-refractivity contribution is -0.150. The molecule has 16 heavy (non-hydrogen) atoms. The lowest BCUT2D eigenvalue weighted by Crippen LogP contribution is -2.57. The molecule has 5 heteroatoms. The van der Waals surface area contributed by atoms with E-state index in [1.54, 1.807) is 6.92 Å². The number of hydrogen-bond donors (Lipinski definition) is 1. The fraction of sp³-hybridized carbons (Fsp3) is 0.909. The summed E-state index contributed by atoms with van der Waals surface area (Å²) in [6.07, 6.45) is 4.85. The number of morpholine rings is 1. The SMILES string of the molecule is C[C@H](N)C(=O)N1CCOC2CCCCC21.Cl. The summed E-state index contributed by atoms with van der Waals surface area (Å²) in [7, 11) is 0. The summed E-state index contributed by atoms with van der Waals surface area (Å²) in [5.41, 5.74) is 5.66. The number of amides is 1. The van der Waals surface area contributed by atoms with Crippen LogP contribution in [0.15, 0.2) is 0 Å². The molecule has 2 aliphatic rings. The second-order valence-corrected chi connectivity index (χ2v) is 4.58. The normalized spacial score (nSPS) is 31.2. The molecular weight excluding hydrogens is 228 g/mol. The van der Waals surface area contributed by atoms with Crippen molar-refractivity contribution in [2.75, 3.05) is 13.2 Å². The zero-order valence-electron chi connectivity index (χ0n) is 9.72. The van der Waals surface area contributed by atoms with Crippen LogP contribution in [0.2, 0.25) is 0 Å². The van der Waals surface area contributed by atoms with Crippen LogP contribution in [0.3, 0.4) is 0 Å². The van der Waals surface area contributed by atoms with E-state index < -0.39 is 0 Å². The maximum absolute atomic E-state index is 11.9. The second-order valence-electron chi connectivity index (χ2n) is 4.58. The van der Waals surface area contributed by atoms with Crippen molar-refractivity contribution >= 4 is 18.3 Å². The average Bonchev–Trinajstić information content (AvgIpc) is 2.27. The van der Waals surface area contributed by atoms with E-state index in [9.17, 15) is 4.79 Å². The van der Waals surface area contributed by atoms with Gasteiger partial charge < -0.3 is 15.4 Å². The minimum atomic E-state index is -0.384. The first-order valence-corrected chi connectivity index (χ1v) is 5.88. The third-order valence-electron chi connectivity index (χ3n) is 3.40. The first-order chi connectivity index (χ1) is 7.20. The second kappa shape index (κ2) is 5.84. The molecule has 0 aromatic carbocycles. The van der Waals surface area contributed by atoms with Crippen molar-refractivity contribution in [3.05, 3.63) is 0 Å². The first-order valence-electron chi connectivity index (χ1n) is 5.88. The lowest BCUT2D eigenvalue weighted by atomic mass is 9.90. The van der Waals surface area contributed by atoms with Gasteiger partial charge in [0.25, 0.3) is 0 Å². The molecule has 1 saturated carbocycles.